The number of hydrogen-bond donors (Lipinski definition) is 1. The smallest absolute Gasteiger partial charge is 0.255 e. The number of piperazine rings is 1. The number of rotatable bonds is 4. The number of fused-ring (bicyclic) bond motifs is 1. The van der Waals surface area contributed by atoms with Crippen LogP contribution in [0.2, 0.25) is 0 Å². The summed E-state index contributed by atoms with van der Waals surface area (Å²) in [6.45, 7) is 5.91. The molecule has 0 atom stereocenters. The third-order valence-corrected chi connectivity index (χ3v) is 6.59. The Kier molecular flexibility index (Phi) is 5.65. The van der Waals surface area contributed by atoms with Gasteiger partial charge in [0.1, 0.15) is 0 Å². The van der Waals surface area contributed by atoms with Gasteiger partial charge in [-0.15, -0.1) is 0 Å². The number of nitrogens with zero attached hydrogens (tertiary/aromatic N) is 3. The molecule has 0 spiro atoms. The lowest BCUT2D eigenvalue weighted by Gasteiger charge is -2.35. The first-order chi connectivity index (χ1) is 16.0. The average molecular weight is 439 g/mol. The van der Waals surface area contributed by atoms with Crippen LogP contribution in [-0.4, -0.2) is 48.6 Å². The van der Waals surface area contributed by atoms with E-state index in [2.05, 4.69) is 82.4 Å². The number of hydrogen-bond acceptors (Lipinski definition) is 3. The number of aromatic nitrogens is 1. The van der Waals surface area contributed by atoms with Crippen LogP contribution in [0.4, 0.5) is 11.4 Å². The van der Waals surface area contributed by atoms with E-state index in [-0.39, 0.29) is 5.91 Å². The Hall–Kier alpha value is -3.57. The van der Waals surface area contributed by atoms with E-state index in [1.165, 1.54) is 10.9 Å². The first-order valence-corrected chi connectivity index (χ1v) is 11.5. The van der Waals surface area contributed by atoms with Crippen LogP contribution >= 0.6 is 0 Å². The Labute approximate surface area is 195 Å². The maximum atomic E-state index is 13.1. The molecule has 33 heavy (non-hydrogen) atoms. The topological polar surface area (TPSA) is 40.5 Å². The van der Waals surface area contributed by atoms with E-state index in [1.807, 2.05) is 31.2 Å². The van der Waals surface area contributed by atoms with Gasteiger partial charge in [0.05, 0.1) is 11.4 Å². The van der Waals surface area contributed by atoms with E-state index in [9.17, 15) is 4.79 Å². The Morgan fingerprint density at radius 3 is 2.39 bits per heavy atom. The number of likely N-dealkylation sites (N-methyl/N-ethyl adjacent to an activating group) is 1. The molecule has 1 amide bonds. The SMILES string of the molecule is Cc1cccc(C(=O)Nc2cc(-c3ccc4ccn(C)c4c3)ccc2N2CCN(C)CC2)c1. The van der Waals surface area contributed by atoms with Crippen LogP contribution in [-0.2, 0) is 7.05 Å². The largest absolute Gasteiger partial charge is 0.367 e. The summed E-state index contributed by atoms with van der Waals surface area (Å²) in [6.07, 6.45) is 2.08. The highest BCUT2D eigenvalue weighted by molar-refractivity contribution is 6.06. The summed E-state index contributed by atoms with van der Waals surface area (Å²) in [5.41, 5.74) is 7.11. The third kappa shape index (κ3) is 4.37. The minimum Gasteiger partial charge on any atom is -0.367 e. The zero-order valence-electron chi connectivity index (χ0n) is 19.5. The normalized spacial score (nSPS) is 14.6. The highest BCUT2D eigenvalue weighted by Gasteiger charge is 2.19. The summed E-state index contributed by atoms with van der Waals surface area (Å²) in [6, 6.07) is 22.8. The van der Waals surface area contributed by atoms with Gasteiger partial charge in [-0.25, -0.2) is 0 Å². The monoisotopic (exact) mass is 438 g/mol. The van der Waals surface area contributed by atoms with Crippen LogP contribution in [0.3, 0.4) is 0 Å². The minimum atomic E-state index is -0.0795. The summed E-state index contributed by atoms with van der Waals surface area (Å²) >= 11 is 0. The number of benzene rings is 3. The number of carbonyl (C=O) groups is 1. The van der Waals surface area contributed by atoms with Crippen molar-refractivity contribution in [1.29, 1.82) is 0 Å². The molecule has 1 aliphatic rings. The van der Waals surface area contributed by atoms with Gasteiger partial charge < -0.3 is 19.7 Å². The van der Waals surface area contributed by atoms with Gasteiger partial charge in [-0.05, 0) is 66.9 Å². The van der Waals surface area contributed by atoms with Crippen molar-refractivity contribution < 1.29 is 4.79 Å². The lowest BCUT2D eigenvalue weighted by atomic mass is 10.0. The fourth-order valence-corrected chi connectivity index (χ4v) is 4.56. The van der Waals surface area contributed by atoms with E-state index >= 15 is 0 Å². The molecule has 0 saturated carbocycles. The molecule has 5 heteroatoms. The van der Waals surface area contributed by atoms with E-state index < -0.39 is 0 Å². The predicted octanol–water partition coefficient (Wildman–Crippen LogP) is 5.16. The highest BCUT2D eigenvalue weighted by Crippen LogP contribution is 2.34. The van der Waals surface area contributed by atoms with Gasteiger partial charge in [-0.1, -0.05) is 35.9 Å². The number of nitrogens with one attached hydrogen (secondary N) is 1. The van der Waals surface area contributed by atoms with Crippen LogP contribution in [0.25, 0.3) is 22.0 Å². The van der Waals surface area contributed by atoms with Crippen molar-refractivity contribution in [2.45, 2.75) is 6.92 Å². The van der Waals surface area contributed by atoms with Gasteiger partial charge in [0.25, 0.3) is 5.91 Å². The quantitative estimate of drug-likeness (QED) is 0.479. The zero-order valence-corrected chi connectivity index (χ0v) is 19.5. The van der Waals surface area contributed by atoms with Crippen molar-refractivity contribution in [3.05, 3.63) is 84.1 Å². The van der Waals surface area contributed by atoms with Crippen LogP contribution in [0, 0.1) is 6.92 Å². The fourth-order valence-electron chi connectivity index (χ4n) is 4.56. The molecule has 4 aromatic rings. The van der Waals surface area contributed by atoms with Crippen molar-refractivity contribution in [2.24, 2.45) is 7.05 Å². The molecule has 1 saturated heterocycles. The van der Waals surface area contributed by atoms with Crippen molar-refractivity contribution in [2.75, 3.05) is 43.4 Å². The second-order valence-corrected chi connectivity index (χ2v) is 9.05. The highest BCUT2D eigenvalue weighted by atomic mass is 16.1. The molecular formula is C28H30N4O. The number of carbonyl (C=O) groups excluding carboxylic acids is 1. The minimum absolute atomic E-state index is 0.0795. The number of aryl methyl sites for hydroxylation is 2. The van der Waals surface area contributed by atoms with Crippen LogP contribution in [0.1, 0.15) is 15.9 Å². The first kappa shape index (κ1) is 21.3. The standard InChI is InChI=1S/C28H30N4O/c1-20-5-4-6-24(17-20)28(33)29-25-18-22(9-10-26(25)32-15-13-30(2)14-16-32)23-8-7-21-11-12-31(3)27(21)19-23/h4-12,17-19H,13-16H2,1-3H3,(H,29,33). The van der Waals surface area contributed by atoms with Crippen LogP contribution < -0.4 is 10.2 Å². The molecule has 0 unspecified atom stereocenters. The molecule has 5 rings (SSSR count). The maximum Gasteiger partial charge on any atom is 0.255 e. The molecule has 0 bridgehead atoms. The first-order valence-electron chi connectivity index (χ1n) is 11.5. The molecule has 2 heterocycles. The summed E-state index contributed by atoms with van der Waals surface area (Å²) in [7, 11) is 4.22. The second kappa shape index (κ2) is 8.75. The van der Waals surface area contributed by atoms with E-state index in [4.69, 9.17) is 0 Å². The molecule has 1 aromatic heterocycles. The van der Waals surface area contributed by atoms with Gasteiger partial charge in [0.2, 0.25) is 0 Å². The molecule has 0 aliphatic carbocycles. The molecular weight excluding hydrogens is 408 g/mol. The number of amides is 1. The van der Waals surface area contributed by atoms with Crippen molar-refractivity contribution in [3.63, 3.8) is 0 Å². The third-order valence-electron chi connectivity index (χ3n) is 6.59. The van der Waals surface area contributed by atoms with E-state index in [0.717, 1.165) is 54.2 Å². The van der Waals surface area contributed by atoms with Gasteiger partial charge >= 0.3 is 0 Å². The maximum absolute atomic E-state index is 13.1. The van der Waals surface area contributed by atoms with Gasteiger partial charge in [-0.3, -0.25) is 4.79 Å². The summed E-state index contributed by atoms with van der Waals surface area (Å²) in [5, 5.41) is 4.44. The van der Waals surface area contributed by atoms with Gasteiger partial charge in [-0.2, -0.15) is 0 Å². The van der Waals surface area contributed by atoms with Crippen LogP contribution in [0.5, 0.6) is 0 Å². The zero-order chi connectivity index (χ0) is 22.9. The lowest BCUT2D eigenvalue weighted by Crippen LogP contribution is -2.44. The van der Waals surface area contributed by atoms with Gasteiger partial charge in [0.15, 0.2) is 0 Å². The van der Waals surface area contributed by atoms with Crippen molar-refractivity contribution >= 4 is 28.2 Å². The van der Waals surface area contributed by atoms with Crippen LogP contribution in [0.15, 0.2) is 72.9 Å². The Bertz CT molecular complexity index is 1310. The van der Waals surface area contributed by atoms with Crippen molar-refractivity contribution in [3.8, 4) is 11.1 Å². The Morgan fingerprint density at radius 2 is 1.61 bits per heavy atom. The number of anilines is 2. The molecule has 1 fully saturated rings. The van der Waals surface area contributed by atoms with Crippen molar-refractivity contribution in [1.82, 2.24) is 9.47 Å². The van der Waals surface area contributed by atoms with Gasteiger partial charge in [0, 0.05) is 50.5 Å². The molecule has 1 aliphatic heterocycles. The molecule has 1 N–H and O–H groups in total. The van der Waals surface area contributed by atoms with E-state index in [0.29, 0.717) is 5.56 Å². The molecule has 5 nitrogen and oxygen atoms in total. The second-order valence-electron chi connectivity index (χ2n) is 9.05. The summed E-state index contributed by atoms with van der Waals surface area (Å²) < 4.78 is 2.14. The average Bonchev–Trinajstić information content (AvgIpc) is 3.20. The summed E-state index contributed by atoms with van der Waals surface area (Å²) in [5.74, 6) is -0.0795. The predicted molar refractivity (Wildman–Crippen MR) is 137 cm³/mol. The van der Waals surface area contributed by atoms with E-state index in [1.54, 1.807) is 0 Å². The Balaban J connectivity index is 1.53. The lowest BCUT2D eigenvalue weighted by molar-refractivity contribution is 0.102. The molecule has 0 radical (unpaired) electrons. The Morgan fingerprint density at radius 1 is 0.848 bits per heavy atom. The molecule has 3 aromatic carbocycles. The molecule has 168 valence electrons. The fraction of sp³-hybridized carbons (Fsp3) is 0.250. The summed E-state index contributed by atoms with van der Waals surface area (Å²) in [4.78, 5) is 17.9.